The number of hydrazine groups is 1. The number of amides is 3. The van der Waals surface area contributed by atoms with Crippen LogP contribution in [0.4, 0.5) is 4.39 Å². The SMILES string of the molecule is CCOc1ccc(C(=O)NNC(=O)C2CCCN(C(=O)c3ccc(F)cc3)C2)cc1OC. The molecule has 0 spiro atoms. The van der Waals surface area contributed by atoms with Crippen LogP contribution in [0.5, 0.6) is 11.5 Å². The number of hydrogen-bond donors (Lipinski definition) is 2. The van der Waals surface area contributed by atoms with E-state index in [-0.39, 0.29) is 18.4 Å². The van der Waals surface area contributed by atoms with E-state index in [0.717, 1.165) is 0 Å². The molecule has 0 saturated carbocycles. The van der Waals surface area contributed by atoms with Gasteiger partial charge in [-0.2, -0.15) is 0 Å². The van der Waals surface area contributed by atoms with Crippen molar-refractivity contribution in [3.8, 4) is 11.5 Å². The van der Waals surface area contributed by atoms with E-state index in [1.165, 1.54) is 37.4 Å². The van der Waals surface area contributed by atoms with E-state index in [0.29, 0.717) is 48.6 Å². The van der Waals surface area contributed by atoms with Crippen LogP contribution in [0.3, 0.4) is 0 Å². The summed E-state index contributed by atoms with van der Waals surface area (Å²) in [6, 6.07) is 10.0. The molecule has 0 radical (unpaired) electrons. The molecule has 1 aliphatic heterocycles. The Hall–Kier alpha value is -3.62. The summed E-state index contributed by atoms with van der Waals surface area (Å²) in [5, 5.41) is 0. The van der Waals surface area contributed by atoms with Gasteiger partial charge in [0, 0.05) is 24.2 Å². The fourth-order valence-corrected chi connectivity index (χ4v) is 3.53. The van der Waals surface area contributed by atoms with E-state index in [1.807, 2.05) is 6.92 Å². The maximum absolute atomic E-state index is 13.1. The van der Waals surface area contributed by atoms with E-state index >= 15 is 0 Å². The molecule has 3 rings (SSSR count). The van der Waals surface area contributed by atoms with Gasteiger partial charge in [-0.1, -0.05) is 0 Å². The molecule has 1 unspecified atom stereocenters. The van der Waals surface area contributed by atoms with Gasteiger partial charge in [-0.3, -0.25) is 25.2 Å². The topological polar surface area (TPSA) is 97.0 Å². The zero-order chi connectivity index (χ0) is 23.1. The fourth-order valence-electron chi connectivity index (χ4n) is 3.53. The molecule has 1 heterocycles. The second kappa shape index (κ2) is 10.6. The number of halogens is 1. The van der Waals surface area contributed by atoms with Crippen molar-refractivity contribution in [2.75, 3.05) is 26.8 Å². The van der Waals surface area contributed by atoms with Crippen LogP contribution in [0.2, 0.25) is 0 Å². The van der Waals surface area contributed by atoms with E-state index in [9.17, 15) is 18.8 Å². The molecule has 1 fully saturated rings. The smallest absolute Gasteiger partial charge is 0.269 e. The first kappa shape index (κ1) is 23.1. The Morgan fingerprint density at radius 2 is 1.78 bits per heavy atom. The summed E-state index contributed by atoms with van der Waals surface area (Å²) in [5.41, 5.74) is 5.50. The molecule has 170 valence electrons. The van der Waals surface area contributed by atoms with Gasteiger partial charge in [0.05, 0.1) is 19.6 Å². The Morgan fingerprint density at radius 1 is 1.06 bits per heavy atom. The average molecular weight is 443 g/mol. The fraction of sp³-hybridized carbons (Fsp3) is 0.348. The summed E-state index contributed by atoms with van der Waals surface area (Å²) in [6.45, 7) is 3.03. The van der Waals surface area contributed by atoms with Gasteiger partial charge in [-0.15, -0.1) is 0 Å². The van der Waals surface area contributed by atoms with Gasteiger partial charge in [-0.05, 0) is 62.2 Å². The monoisotopic (exact) mass is 443 g/mol. The number of ether oxygens (including phenoxy) is 2. The number of nitrogens with one attached hydrogen (secondary N) is 2. The highest BCUT2D eigenvalue weighted by atomic mass is 19.1. The minimum atomic E-state index is -0.505. The summed E-state index contributed by atoms with van der Waals surface area (Å²) in [6.07, 6.45) is 1.24. The Balaban J connectivity index is 1.56. The predicted octanol–water partition coefficient (Wildman–Crippen LogP) is 2.55. The van der Waals surface area contributed by atoms with Crippen LogP contribution in [0.25, 0.3) is 0 Å². The third-order valence-electron chi connectivity index (χ3n) is 5.20. The molecule has 3 amide bonds. The Kier molecular flexibility index (Phi) is 7.64. The summed E-state index contributed by atoms with van der Waals surface area (Å²) in [7, 11) is 1.48. The first-order valence-corrected chi connectivity index (χ1v) is 10.4. The summed E-state index contributed by atoms with van der Waals surface area (Å²) < 4.78 is 23.8. The highest BCUT2D eigenvalue weighted by molar-refractivity contribution is 5.97. The van der Waals surface area contributed by atoms with Gasteiger partial charge in [0.1, 0.15) is 5.82 Å². The van der Waals surface area contributed by atoms with E-state index in [1.54, 1.807) is 17.0 Å². The van der Waals surface area contributed by atoms with Crippen molar-refractivity contribution < 1.29 is 28.2 Å². The van der Waals surface area contributed by atoms with Crippen LogP contribution in [0, 0.1) is 11.7 Å². The maximum atomic E-state index is 13.1. The number of methoxy groups -OCH3 is 1. The van der Waals surface area contributed by atoms with Crippen LogP contribution < -0.4 is 20.3 Å². The molecule has 2 aromatic carbocycles. The second-order valence-corrected chi connectivity index (χ2v) is 7.34. The molecule has 2 N–H and O–H groups in total. The molecule has 0 aliphatic carbocycles. The summed E-state index contributed by atoms with van der Waals surface area (Å²) >= 11 is 0. The minimum Gasteiger partial charge on any atom is -0.493 e. The van der Waals surface area contributed by atoms with Crippen LogP contribution >= 0.6 is 0 Å². The van der Waals surface area contributed by atoms with Gasteiger partial charge in [0.2, 0.25) is 5.91 Å². The molecule has 2 aromatic rings. The molecule has 1 atom stereocenters. The Bertz CT molecular complexity index is 980. The average Bonchev–Trinajstić information content (AvgIpc) is 2.82. The number of piperidine rings is 1. The molecule has 1 aliphatic rings. The van der Waals surface area contributed by atoms with Crippen molar-refractivity contribution >= 4 is 17.7 Å². The van der Waals surface area contributed by atoms with E-state index in [4.69, 9.17) is 9.47 Å². The van der Waals surface area contributed by atoms with Crippen LogP contribution in [-0.2, 0) is 4.79 Å². The van der Waals surface area contributed by atoms with Gasteiger partial charge in [0.15, 0.2) is 11.5 Å². The molecule has 0 aromatic heterocycles. The lowest BCUT2D eigenvalue weighted by molar-refractivity contribution is -0.127. The normalized spacial score (nSPS) is 15.6. The molecule has 8 nitrogen and oxygen atoms in total. The van der Waals surface area contributed by atoms with Crippen molar-refractivity contribution in [1.29, 1.82) is 0 Å². The number of likely N-dealkylation sites (tertiary alicyclic amines) is 1. The largest absolute Gasteiger partial charge is 0.493 e. The van der Waals surface area contributed by atoms with Crippen molar-refractivity contribution in [3.05, 3.63) is 59.4 Å². The lowest BCUT2D eigenvalue weighted by Crippen LogP contribution is -2.50. The lowest BCUT2D eigenvalue weighted by Gasteiger charge is -2.32. The summed E-state index contributed by atoms with van der Waals surface area (Å²) in [5.74, 6) is -1.10. The predicted molar refractivity (Wildman–Crippen MR) is 115 cm³/mol. The third kappa shape index (κ3) is 5.54. The number of rotatable bonds is 6. The van der Waals surface area contributed by atoms with Gasteiger partial charge in [-0.25, -0.2) is 4.39 Å². The summed E-state index contributed by atoms with van der Waals surface area (Å²) in [4.78, 5) is 39.2. The number of carbonyl (C=O) groups is 3. The van der Waals surface area contributed by atoms with Crippen molar-refractivity contribution in [1.82, 2.24) is 15.8 Å². The number of nitrogens with zero attached hydrogens (tertiary/aromatic N) is 1. The second-order valence-electron chi connectivity index (χ2n) is 7.34. The zero-order valence-electron chi connectivity index (χ0n) is 18.0. The van der Waals surface area contributed by atoms with Gasteiger partial charge < -0.3 is 14.4 Å². The van der Waals surface area contributed by atoms with Crippen molar-refractivity contribution in [2.45, 2.75) is 19.8 Å². The molecule has 32 heavy (non-hydrogen) atoms. The van der Waals surface area contributed by atoms with E-state index in [2.05, 4.69) is 10.9 Å². The number of benzene rings is 2. The molecule has 9 heteroatoms. The number of carbonyl (C=O) groups excluding carboxylic acids is 3. The third-order valence-corrected chi connectivity index (χ3v) is 5.20. The molecule has 0 bridgehead atoms. The van der Waals surface area contributed by atoms with Crippen LogP contribution in [0.15, 0.2) is 42.5 Å². The van der Waals surface area contributed by atoms with E-state index < -0.39 is 17.6 Å². The van der Waals surface area contributed by atoms with Gasteiger partial charge >= 0.3 is 0 Å². The molecular weight excluding hydrogens is 417 g/mol. The lowest BCUT2D eigenvalue weighted by atomic mass is 9.96. The van der Waals surface area contributed by atoms with Crippen molar-refractivity contribution in [3.63, 3.8) is 0 Å². The highest BCUT2D eigenvalue weighted by Crippen LogP contribution is 2.28. The first-order valence-electron chi connectivity index (χ1n) is 10.4. The molecular formula is C23H26FN3O5. The van der Waals surface area contributed by atoms with Crippen LogP contribution in [0.1, 0.15) is 40.5 Å². The number of hydrogen-bond acceptors (Lipinski definition) is 5. The maximum Gasteiger partial charge on any atom is 0.269 e. The zero-order valence-corrected chi connectivity index (χ0v) is 18.0. The first-order chi connectivity index (χ1) is 15.4. The minimum absolute atomic E-state index is 0.217. The van der Waals surface area contributed by atoms with Gasteiger partial charge in [0.25, 0.3) is 11.8 Å². The quantitative estimate of drug-likeness (QED) is 0.669. The van der Waals surface area contributed by atoms with Crippen molar-refractivity contribution in [2.24, 2.45) is 5.92 Å². The van der Waals surface area contributed by atoms with Crippen LogP contribution in [-0.4, -0.2) is 49.4 Å². The highest BCUT2D eigenvalue weighted by Gasteiger charge is 2.29. The Morgan fingerprint density at radius 3 is 2.47 bits per heavy atom. The molecule has 1 saturated heterocycles. The standard InChI is InChI=1S/C23H26FN3O5/c1-3-32-19-11-8-16(13-20(19)31-2)21(28)25-26-22(29)17-5-4-12-27(14-17)23(30)15-6-9-18(24)10-7-15/h6-11,13,17H,3-5,12,14H2,1-2H3,(H,25,28)(H,26,29). The Labute approximate surface area is 185 Å².